The largest absolute Gasteiger partial charge is 0.497 e. The summed E-state index contributed by atoms with van der Waals surface area (Å²) < 4.78 is 5.08. The van der Waals surface area contributed by atoms with Crippen molar-refractivity contribution in [2.75, 3.05) is 7.11 Å². The van der Waals surface area contributed by atoms with E-state index in [2.05, 4.69) is 6.92 Å². The molecule has 118 valence electrons. The first-order chi connectivity index (χ1) is 10.0. The van der Waals surface area contributed by atoms with Gasteiger partial charge in [0, 0.05) is 0 Å². The standard InChI is InChI=1S/C17H27NO3/c1-3-4-5-6-7-8-13-17(20,16(18)19)14-9-11-15(21-2)12-10-14/h9-12,20H,3-8,13H2,1-2H3,(H2,18,19). The molecule has 1 unspecified atom stereocenters. The molecule has 1 amide bonds. The van der Waals surface area contributed by atoms with Crippen LogP contribution in [0, 0.1) is 0 Å². The average Bonchev–Trinajstić information content (AvgIpc) is 2.50. The topological polar surface area (TPSA) is 72.5 Å². The lowest BCUT2D eigenvalue weighted by Crippen LogP contribution is -2.41. The number of benzene rings is 1. The van der Waals surface area contributed by atoms with Crippen LogP contribution in [0.25, 0.3) is 0 Å². The van der Waals surface area contributed by atoms with Gasteiger partial charge in [-0.15, -0.1) is 0 Å². The van der Waals surface area contributed by atoms with E-state index < -0.39 is 11.5 Å². The van der Waals surface area contributed by atoms with Crippen molar-refractivity contribution in [3.05, 3.63) is 29.8 Å². The van der Waals surface area contributed by atoms with Crippen LogP contribution in [-0.4, -0.2) is 18.1 Å². The summed E-state index contributed by atoms with van der Waals surface area (Å²) >= 11 is 0. The van der Waals surface area contributed by atoms with Crippen molar-refractivity contribution in [1.29, 1.82) is 0 Å². The predicted octanol–water partition coefficient (Wildman–Crippen LogP) is 3.12. The van der Waals surface area contributed by atoms with Crippen LogP contribution in [0.4, 0.5) is 0 Å². The van der Waals surface area contributed by atoms with Crippen molar-refractivity contribution >= 4 is 5.91 Å². The first kappa shape index (κ1) is 17.5. The van der Waals surface area contributed by atoms with E-state index in [1.54, 1.807) is 31.4 Å². The lowest BCUT2D eigenvalue weighted by atomic mass is 9.87. The maximum absolute atomic E-state index is 11.7. The summed E-state index contributed by atoms with van der Waals surface area (Å²) in [5.41, 5.74) is 4.36. The highest BCUT2D eigenvalue weighted by Gasteiger charge is 2.35. The normalized spacial score (nSPS) is 13.7. The smallest absolute Gasteiger partial charge is 0.254 e. The Morgan fingerprint density at radius 3 is 2.24 bits per heavy atom. The summed E-state index contributed by atoms with van der Waals surface area (Å²) in [6.07, 6.45) is 6.93. The molecule has 0 saturated carbocycles. The zero-order chi connectivity index (χ0) is 15.7. The maximum Gasteiger partial charge on any atom is 0.254 e. The van der Waals surface area contributed by atoms with E-state index in [1.807, 2.05) is 0 Å². The summed E-state index contributed by atoms with van der Waals surface area (Å²) in [5, 5.41) is 10.6. The molecule has 0 radical (unpaired) electrons. The number of primary amides is 1. The van der Waals surface area contributed by atoms with Crippen LogP contribution < -0.4 is 10.5 Å². The van der Waals surface area contributed by atoms with E-state index in [0.29, 0.717) is 17.7 Å². The molecule has 4 nitrogen and oxygen atoms in total. The van der Waals surface area contributed by atoms with Gasteiger partial charge in [-0.05, 0) is 30.5 Å². The summed E-state index contributed by atoms with van der Waals surface area (Å²) in [5.74, 6) is -0.00800. The minimum Gasteiger partial charge on any atom is -0.497 e. The Morgan fingerprint density at radius 1 is 1.14 bits per heavy atom. The van der Waals surface area contributed by atoms with Gasteiger partial charge in [-0.2, -0.15) is 0 Å². The number of amides is 1. The maximum atomic E-state index is 11.7. The molecule has 0 bridgehead atoms. The molecule has 0 fully saturated rings. The lowest BCUT2D eigenvalue weighted by molar-refractivity contribution is -0.138. The molecule has 21 heavy (non-hydrogen) atoms. The molecule has 0 aliphatic carbocycles. The molecule has 1 aromatic carbocycles. The van der Waals surface area contributed by atoms with E-state index >= 15 is 0 Å². The van der Waals surface area contributed by atoms with Gasteiger partial charge in [0.15, 0.2) is 5.60 Å². The SMILES string of the molecule is CCCCCCCCC(O)(C(N)=O)c1ccc(OC)cc1. The molecule has 0 aromatic heterocycles. The zero-order valence-electron chi connectivity index (χ0n) is 13.1. The van der Waals surface area contributed by atoms with Crippen molar-refractivity contribution < 1.29 is 14.6 Å². The molecule has 0 aliphatic heterocycles. The second-order valence-electron chi connectivity index (χ2n) is 5.47. The Hall–Kier alpha value is -1.55. The molecule has 0 heterocycles. The molecule has 0 aliphatic rings. The molecule has 1 atom stereocenters. The van der Waals surface area contributed by atoms with Crippen LogP contribution in [0.15, 0.2) is 24.3 Å². The summed E-state index contributed by atoms with van der Waals surface area (Å²) in [6.45, 7) is 2.18. The number of methoxy groups -OCH3 is 1. The Labute approximate surface area is 127 Å². The van der Waals surface area contributed by atoms with E-state index in [0.717, 1.165) is 19.3 Å². The van der Waals surface area contributed by atoms with Crippen LogP contribution in [0.1, 0.15) is 57.4 Å². The van der Waals surface area contributed by atoms with Crippen molar-refractivity contribution in [3.63, 3.8) is 0 Å². The molecular weight excluding hydrogens is 266 g/mol. The monoisotopic (exact) mass is 293 g/mol. The molecule has 3 N–H and O–H groups in total. The van der Waals surface area contributed by atoms with E-state index in [9.17, 15) is 9.90 Å². The quantitative estimate of drug-likeness (QED) is 0.651. The van der Waals surface area contributed by atoms with Crippen molar-refractivity contribution in [2.45, 2.75) is 57.5 Å². The number of unbranched alkanes of at least 4 members (excludes halogenated alkanes) is 5. The minimum atomic E-state index is -1.59. The van der Waals surface area contributed by atoms with Crippen molar-refractivity contribution in [3.8, 4) is 5.75 Å². The predicted molar refractivity (Wildman–Crippen MR) is 84.1 cm³/mol. The highest BCUT2D eigenvalue weighted by atomic mass is 16.5. The number of carbonyl (C=O) groups excluding carboxylic acids is 1. The molecule has 1 aromatic rings. The number of carbonyl (C=O) groups is 1. The zero-order valence-corrected chi connectivity index (χ0v) is 13.1. The first-order valence-electron chi connectivity index (χ1n) is 7.71. The van der Waals surface area contributed by atoms with Crippen LogP contribution in [0.3, 0.4) is 0 Å². The summed E-state index contributed by atoms with van der Waals surface area (Å²) in [7, 11) is 1.57. The number of aliphatic hydroxyl groups is 1. The first-order valence-corrected chi connectivity index (χ1v) is 7.71. The Kier molecular flexibility index (Phi) is 7.23. The fraction of sp³-hybridized carbons (Fsp3) is 0.588. The van der Waals surface area contributed by atoms with Crippen LogP contribution in [0.2, 0.25) is 0 Å². The Morgan fingerprint density at radius 2 is 1.71 bits per heavy atom. The van der Waals surface area contributed by atoms with Gasteiger partial charge in [0.2, 0.25) is 0 Å². The highest BCUT2D eigenvalue weighted by Crippen LogP contribution is 2.29. The third-order valence-electron chi connectivity index (χ3n) is 3.87. The number of hydrogen-bond acceptors (Lipinski definition) is 3. The van der Waals surface area contributed by atoms with Gasteiger partial charge in [0.05, 0.1) is 7.11 Å². The second kappa shape index (κ2) is 8.67. The highest BCUT2D eigenvalue weighted by molar-refractivity contribution is 5.84. The van der Waals surface area contributed by atoms with Crippen LogP contribution >= 0.6 is 0 Å². The van der Waals surface area contributed by atoms with Gasteiger partial charge >= 0.3 is 0 Å². The number of nitrogens with two attached hydrogens (primary N) is 1. The van der Waals surface area contributed by atoms with Gasteiger partial charge in [-0.25, -0.2) is 0 Å². The lowest BCUT2D eigenvalue weighted by Gasteiger charge is -2.25. The van der Waals surface area contributed by atoms with Gasteiger partial charge < -0.3 is 15.6 Å². The van der Waals surface area contributed by atoms with Crippen LogP contribution in [0.5, 0.6) is 5.75 Å². The second-order valence-corrected chi connectivity index (χ2v) is 5.47. The number of hydrogen-bond donors (Lipinski definition) is 2. The summed E-state index contributed by atoms with van der Waals surface area (Å²) in [4.78, 5) is 11.7. The number of rotatable bonds is 10. The van der Waals surface area contributed by atoms with Gasteiger partial charge in [-0.1, -0.05) is 51.2 Å². The molecular formula is C17H27NO3. The van der Waals surface area contributed by atoms with Crippen molar-refractivity contribution in [2.24, 2.45) is 5.73 Å². The van der Waals surface area contributed by atoms with E-state index in [1.165, 1.54) is 19.3 Å². The molecule has 0 saturated heterocycles. The molecule has 4 heteroatoms. The van der Waals surface area contributed by atoms with E-state index in [-0.39, 0.29) is 0 Å². The average molecular weight is 293 g/mol. The number of ether oxygens (including phenoxy) is 1. The third-order valence-corrected chi connectivity index (χ3v) is 3.87. The fourth-order valence-electron chi connectivity index (χ4n) is 2.44. The van der Waals surface area contributed by atoms with Crippen LogP contribution in [-0.2, 0) is 10.4 Å². The van der Waals surface area contributed by atoms with E-state index in [4.69, 9.17) is 10.5 Å². The van der Waals surface area contributed by atoms with Gasteiger partial charge in [0.1, 0.15) is 5.75 Å². The Bertz CT molecular complexity index is 430. The molecule has 0 spiro atoms. The van der Waals surface area contributed by atoms with Gasteiger partial charge in [0.25, 0.3) is 5.91 Å². The fourth-order valence-corrected chi connectivity index (χ4v) is 2.44. The third kappa shape index (κ3) is 5.05. The minimum absolute atomic E-state index is 0.362. The summed E-state index contributed by atoms with van der Waals surface area (Å²) in [6, 6.07) is 6.84. The van der Waals surface area contributed by atoms with Crippen molar-refractivity contribution in [1.82, 2.24) is 0 Å². The van der Waals surface area contributed by atoms with Gasteiger partial charge in [-0.3, -0.25) is 4.79 Å². The molecule has 1 rings (SSSR count). The Balaban J connectivity index is 2.62.